The summed E-state index contributed by atoms with van der Waals surface area (Å²) >= 11 is 0. The molecule has 198 valence electrons. The van der Waals surface area contributed by atoms with Crippen LogP contribution in [-0.2, 0) is 4.79 Å². The maximum absolute atomic E-state index is 12.6. The zero-order valence-corrected chi connectivity index (χ0v) is 21.6. The molecule has 3 atom stereocenters. The predicted molar refractivity (Wildman–Crippen MR) is 149 cm³/mol. The number of carbonyl (C=O) groups excluding carboxylic acids is 1. The molecule has 0 spiro atoms. The van der Waals surface area contributed by atoms with Crippen LogP contribution in [0.15, 0.2) is 77.6 Å². The molecule has 4 aromatic rings. The van der Waals surface area contributed by atoms with E-state index < -0.39 is 6.23 Å². The van der Waals surface area contributed by atoms with Gasteiger partial charge in [0.2, 0.25) is 5.91 Å². The maximum Gasteiger partial charge on any atom is 0.272 e. The van der Waals surface area contributed by atoms with E-state index >= 15 is 0 Å². The standard InChI is InChI=1S/C31H31N5O3/c37-29-23-10-5-11-24-26(23)28(33-34-29)25(27(32-24)19-6-2-1-3-7-19)21-8-4-9-22(18-21)31(39)36-16-14-35(15-17-36)30(38)20-12-13-20/h1-11,18,20,25,27,31-32,39H,12-17H2,(H,34,37). The smallest absolute Gasteiger partial charge is 0.272 e. The van der Waals surface area contributed by atoms with Gasteiger partial charge in [-0.3, -0.25) is 14.5 Å². The number of anilines is 1. The number of hydrogen-bond acceptors (Lipinski definition) is 6. The van der Waals surface area contributed by atoms with Crippen LogP contribution in [0.1, 0.15) is 53.4 Å². The molecule has 3 aromatic carbocycles. The molecule has 8 nitrogen and oxygen atoms in total. The van der Waals surface area contributed by atoms with E-state index in [1.54, 1.807) is 0 Å². The van der Waals surface area contributed by atoms with Crippen LogP contribution in [0.5, 0.6) is 0 Å². The van der Waals surface area contributed by atoms with Crippen LogP contribution in [0.25, 0.3) is 10.8 Å². The molecule has 2 aliphatic heterocycles. The topological polar surface area (TPSA) is 102 Å². The summed E-state index contributed by atoms with van der Waals surface area (Å²) in [5.74, 6) is 0.294. The molecular formula is C31H31N5O3. The van der Waals surface area contributed by atoms with Gasteiger partial charge in [-0.2, -0.15) is 5.10 Å². The fourth-order valence-corrected chi connectivity index (χ4v) is 6.18. The molecule has 3 unspecified atom stereocenters. The third-order valence-electron chi connectivity index (χ3n) is 8.41. The lowest BCUT2D eigenvalue weighted by atomic mass is 9.79. The molecule has 39 heavy (non-hydrogen) atoms. The Bertz CT molecular complexity index is 1590. The molecule has 0 radical (unpaired) electrons. The third kappa shape index (κ3) is 4.30. The van der Waals surface area contributed by atoms with Crippen LogP contribution in [0.4, 0.5) is 5.69 Å². The van der Waals surface area contributed by atoms with Crippen molar-refractivity contribution in [2.24, 2.45) is 5.92 Å². The molecule has 1 amide bonds. The molecule has 1 saturated heterocycles. The fraction of sp³-hybridized carbons (Fsp3) is 0.323. The van der Waals surface area contributed by atoms with Crippen molar-refractivity contribution in [1.29, 1.82) is 0 Å². The van der Waals surface area contributed by atoms with Gasteiger partial charge in [-0.25, -0.2) is 5.10 Å². The number of hydrogen-bond donors (Lipinski definition) is 3. The van der Waals surface area contributed by atoms with Crippen molar-refractivity contribution in [1.82, 2.24) is 20.0 Å². The SMILES string of the molecule is O=C(C1CC1)N1CCN(C(O)c2cccc(C3c4n[nH]c(=O)c5cccc(c45)NC3c3ccccc3)c2)CC1. The van der Waals surface area contributed by atoms with E-state index in [1.165, 1.54) is 0 Å². The Kier molecular flexibility index (Phi) is 5.94. The molecule has 3 heterocycles. The number of aliphatic hydroxyl groups excluding tert-OH is 1. The van der Waals surface area contributed by atoms with Gasteiger partial charge in [0.25, 0.3) is 5.56 Å². The predicted octanol–water partition coefficient (Wildman–Crippen LogP) is 3.77. The van der Waals surface area contributed by atoms with E-state index in [4.69, 9.17) is 0 Å². The largest absolute Gasteiger partial charge is 0.377 e. The highest BCUT2D eigenvalue weighted by atomic mass is 16.3. The average Bonchev–Trinajstić information content (AvgIpc) is 3.84. The summed E-state index contributed by atoms with van der Waals surface area (Å²) in [4.78, 5) is 29.1. The first-order chi connectivity index (χ1) is 19.1. The Hall–Kier alpha value is -4.01. The van der Waals surface area contributed by atoms with E-state index in [0.29, 0.717) is 31.6 Å². The van der Waals surface area contributed by atoms with E-state index in [9.17, 15) is 14.7 Å². The van der Waals surface area contributed by atoms with Crippen LogP contribution in [0.3, 0.4) is 0 Å². The van der Waals surface area contributed by atoms with E-state index in [1.807, 2.05) is 58.3 Å². The zero-order chi connectivity index (χ0) is 26.5. The van der Waals surface area contributed by atoms with Crippen LogP contribution in [0.2, 0.25) is 0 Å². The second kappa shape index (κ2) is 9.63. The van der Waals surface area contributed by atoms with E-state index in [2.05, 4.69) is 39.8 Å². The van der Waals surface area contributed by atoms with Crippen molar-refractivity contribution in [2.45, 2.75) is 31.0 Å². The normalized spacial score (nSPS) is 21.9. The summed E-state index contributed by atoms with van der Waals surface area (Å²) in [6.45, 7) is 2.56. The number of H-pyrrole nitrogens is 1. The van der Waals surface area contributed by atoms with Crippen molar-refractivity contribution in [3.05, 3.63) is 106 Å². The minimum atomic E-state index is -0.773. The highest BCUT2D eigenvalue weighted by molar-refractivity contribution is 5.97. The molecule has 8 heteroatoms. The molecular weight excluding hydrogens is 490 g/mol. The quantitative estimate of drug-likeness (QED) is 0.370. The number of piperazine rings is 1. The van der Waals surface area contributed by atoms with E-state index in [-0.39, 0.29) is 29.3 Å². The lowest BCUT2D eigenvalue weighted by Gasteiger charge is -2.38. The first-order valence-corrected chi connectivity index (χ1v) is 13.7. The number of amides is 1. The Balaban J connectivity index is 1.24. The molecule has 2 fully saturated rings. The van der Waals surface area contributed by atoms with Gasteiger partial charge in [-0.05, 0) is 41.7 Å². The summed E-state index contributed by atoms with van der Waals surface area (Å²) in [5, 5.41) is 23.8. The van der Waals surface area contributed by atoms with Crippen molar-refractivity contribution in [3.63, 3.8) is 0 Å². The molecule has 3 aliphatic rings. The molecule has 1 aromatic heterocycles. The average molecular weight is 522 g/mol. The summed E-state index contributed by atoms with van der Waals surface area (Å²) in [7, 11) is 0. The zero-order valence-electron chi connectivity index (χ0n) is 21.6. The molecule has 1 saturated carbocycles. The minimum Gasteiger partial charge on any atom is -0.377 e. The van der Waals surface area contributed by atoms with Crippen LogP contribution < -0.4 is 10.9 Å². The number of aromatic nitrogens is 2. The van der Waals surface area contributed by atoms with Crippen molar-refractivity contribution in [2.75, 3.05) is 31.5 Å². The van der Waals surface area contributed by atoms with Gasteiger partial charge in [-0.15, -0.1) is 0 Å². The van der Waals surface area contributed by atoms with Gasteiger partial charge >= 0.3 is 0 Å². The number of rotatable bonds is 5. The fourth-order valence-electron chi connectivity index (χ4n) is 6.18. The lowest BCUT2D eigenvalue weighted by molar-refractivity contribution is -0.136. The maximum atomic E-state index is 12.6. The number of nitrogens with one attached hydrogen (secondary N) is 2. The summed E-state index contributed by atoms with van der Waals surface area (Å²) in [5.41, 5.74) is 4.41. The van der Waals surface area contributed by atoms with Crippen LogP contribution >= 0.6 is 0 Å². The highest BCUT2D eigenvalue weighted by Crippen LogP contribution is 2.46. The minimum absolute atomic E-state index is 0.118. The number of nitrogens with zero attached hydrogens (tertiary/aromatic N) is 3. The lowest BCUT2D eigenvalue weighted by Crippen LogP contribution is -2.50. The van der Waals surface area contributed by atoms with Gasteiger partial charge in [0.15, 0.2) is 0 Å². The van der Waals surface area contributed by atoms with Crippen molar-refractivity contribution < 1.29 is 9.90 Å². The van der Waals surface area contributed by atoms with Gasteiger partial charge in [-0.1, -0.05) is 60.7 Å². The summed E-state index contributed by atoms with van der Waals surface area (Å²) < 4.78 is 0. The van der Waals surface area contributed by atoms with Gasteiger partial charge in [0.1, 0.15) is 6.23 Å². The van der Waals surface area contributed by atoms with E-state index in [0.717, 1.165) is 46.3 Å². The number of benzene rings is 3. The van der Waals surface area contributed by atoms with Crippen LogP contribution in [-0.4, -0.2) is 57.2 Å². The van der Waals surface area contributed by atoms with Crippen LogP contribution in [0, 0.1) is 5.92 Å². The van der Waals surface area contributed by atoms with Crippen molar-refractivity contribution in [3.8, 4) is 0 Å². The molecule has 1 aliphatic carbocycles. The summed E-state index contributed by atoms with van der Waals surface area (Å²) in [6.07, 6.45) is 1.25. The molecule has 7 rings (SSSR count). The summed E-state index contributed by atoms with van der Waals surface area (Å²) in [6, 6.07) is 23.9. The first-order valence-electron chi connectivity index (χ1n) is 13.7. The Morgan fingerprint density at radius 2 is 1.67 bits per heavy atom. The number of carbonyl (C=O) groups is 1. The monoisotopic (exact) mass is 521 g/mol. The van der Waals surface area contributed by atoms with Gasteiger partial charge in [0.05, 0.1) is 23.0 Å². The number of aromatic amines is 1. The second-order valence-electron chi connectivity index (χ2n) is 10.9. The molecule has 0 bridgehead atoms. The third-order valence-corrected chi connectivity index (χ3v) is 8.41. The molecule has 3 N–H and O–H groups in total. The van der Waals surface area contributed by atoms with Gasteiger partial charge in [0, 0.05) is 43.2 Å². The Labute approximate surface area is 226 Å². The Morgan fingerprint density at radius 1 is 0.923 bits per heavy atom. The Morgan fingerprint density at radius 3 is 2.44 bits per heavy atom. The highest BCUT2D eigenvalue weighted by Gasteiger charge is 2.37. The number of aliphatic hydroxyl groups is 1. The first kappa shape index (κ1) is 24.1. The second-order valence-corrected chi connectivity index (χ2v) is 10.9. The van der Waals surface area contributed by atoms with Gasteiger partial charge < -0.3 is 15.3 Å². The van der Waals surface area contributed by atoms with Crippen molar-refractivity contribution >= 4 is 22.4 Å².